The number of halogens is 1. The Bertz CT molecular complexity index is 117. The highest BCUT2D eigenvalue weighted by atomic mass is 35.5. The predicted molar refractivity (Wildman–Crippen MR) is 44.8 cm³/mol. The maximum absolute atomic E-state index is 10.8. The second kappa shape index (κ2) is 6.43. The Hall–Kier alpha value is -0.280. The van der Waals surface area contributed by atoms with Gasteiger partial charge in [0.05, 0.1) is 12.4 Å². The molecule has 0 aliphatic heterocycles. The molecule has 0 rings (SSSR count). The van der Waals surface area contributed by atoms with Crippen LogP contribution in [0, 0.1) is 0 Å². The molecule has 0 spiro atoms. The van der Waals surface area contributed by atoms with Crippen molar-refractivity contribution in [2.24, 2.45) is 0 Å². The second-order valence-electron chi connectivity index (χ2n) is 2.45. The molecule has 0 heterocycles. The summed E-state index contributed by atoms with van der Waals surface area (Å²) < 4.78 is 4.71. The Kier molecular flexibility index (Phi) is 6.27. The molecule has 0 radical (unpaired) electrons. The van der Waals surface area contributed by atoms with Crippen LogP contribution >= 0.6 is 11.6 Å². The van der Waals surface area contributed by atoms with E-state index in [1.807, 2.05) is 13.8 Å². The molecular weight excluding hydrogens is 166 g/mol. The average Bonchev–Trinajstić information content (AvgIpc) is 1.97. The Morgan fingerprint density at radius 3 is 2.73 bits per heavy atom. The number of esters is 1. The van der Waals surface area contributed by atoms with E-state index in [2.05, 4.69) is 5.32 Å². The molecule has 0 aliphatic carbocycles. The second-order valence-corrected chi connectivity index (χ2v) is 2.82. The van der Waals surface area contributed by atoms with Crippen molar-refractivity contribution >= 4 is 17.6 Å². The minimum absolute atomic E-state index is 0.251. The molecule has 1 N–H and O–H groups in total. The van der Waals surface area contributed by atoms with Gasteiger partial charge in [0.2, 0.25) is 0 Å². The minimum atomic E-state index is -0.251. The highest BCUT2D eigenvalue weighted by molar-refractivity contribution is 6.18. The molecule has 11 heavy (non-hydrogen) atoms. The van der Waals surface area contributed by atoms with E-state index < -0.39 is 0 Å². The van der Waals surface area contributed by atoms with Crippen LogP contribution in [0.1, 0.15) is 13.8 Å². The molecule has 0 bridgehead atoms. The number of alkyl halides is 1. The van der Waals surface area contributed by atoms with Gasteiger partial charge in [0.1, 0.15) is 6.61 Å². The summed E-state index contributed by atoms with van der Waals surface area (Å²) in [7, 11) is 0. The predicted octanol–water partition coefficient (Wildman–Crippen LogP) is 0.766. The Morgan fingerprint density at radius 2 is 2.27 bits per heavy atom. The number of hydrogen-bond acceptors (Lipinski definition) is 3. The molecule has 4 heteroatoms. The highest BCUT2D eigenvalue weighted by Crippen LogP contribution is 1.82. The van der Waals surface area contributed by atoms with Crippen molar-refractivity contribution in [3.05, 3.63) is 0 Å². The standard InChI is InChI=1S/C7H14ClNO2/c1-6(2)9-5-7(10)11-4-3-8/h6,9H,3-5H2,1-2H3. The third-order valence-corrected chi connectivity index (χ3v) is 1.15. The molecule has 0 aromatic carbocycles. The van der Waals surface area contributed by atoms with Crippen LogP contribution in [0.5, 0.6) is 0 Å². The van der Waals surface area contributed by atoms with Crippen LogP contribution < -0.4 is 5.32 Å². The summed E-state index contributed by atoms with van der Waals surface area (Å²) in [5.41, 5.74) is 0. The SMILES string of the molecule is CC(C)NCC(=O)OCCCl. The van der Waals surface area contributed by atoms with Crippen molar-refractivity contribution in [1.82, 2.24) is 5.32 Å². The summed E-state index contributed by atoms with van der Waals surface area (Å²) in [5, 5.41) is 2.94. The molecule has 0 unspecified atom stereocenters. The zero-order chi connectivity index (χ0) is 8.69. The van der Waals surface area contributed by atoms with E-state index >= 15 is 0 Å². The maximum Gasteiger partial charge on any atom is 0.319 e. The Morgan fingerprint density at radius 1 is 1.64 bits per heavy atom. The summed E-state index contributed by atoms with van der Waals surface area (Å²) in [6, 6.07) is 0.304. The zero-order valence-corrected chi connectivity index (χ0v) is 7.65. The third kappa shape index (κ3) is 7.62. The fourth-order valence-corrected chi connectivity index (χ4v) is 0.568. The average molecular weight is 180 g/mol. The summed E-state index contributed by atoms with van der Waals surface area (Å²) in [4.78, 5) is 10.8. The maximum atomic E-state index is 10.8. The fourth-order valence-electron chi connectivity index (χ4n) is 0.491. The van der Waals surface area contributed by atoms with Crippen LogP contribution in [-0.4, -0.2) is 31.0 Å². The lowest BCUT2D eigenvalue weighted by molar-refractivity contribution is -0.142. The summed E-state index contributed by atoms with van der Waals surface area (Å²) in [6.45, 7) is 4.48. The molecule has 0 fully saturated rings. The van der Waals surface area contributed by atoms with Crippen LogP contribution in [0.15, 0.2) is 0 Å². The van der Waals surface area contributed by atoms with Crippen LogP contribution in [-0.2, 0) is 9.53 Å². The van der Waals surface area contributed by atoms with E-state index in [9.17, 15) is 4.79 Å². The van der Waals surface area contributed by atoms with E-state index in [1.54, 1.807) is 0 Å². The Labute approximate surface area is 72.1 Å². The lowest BCUT2D eigenvalue weighted by Crippen LogP contribution is -2.30. The number of rotatable bonds is 5. The van der Waals surface area contributed by atoms with Crippen molar-refractivity contribution < 1.29 is 9.53 Å². The lowest BCUT2D eigenvalue weighted by Gasteiger charge is -2.06. The molecule has 0 aliphatic rings. The van der Waals surface area contributed by atoms with Crippen molar-refractivity contribution in [2.75, 3.05) is 19.0 Å². The molecule has 0 saturated heterocycles. The fraction of sp³-hybridized carbons (Fsp3) is 0.857. The Balaban J connectivity index is 3.23. The van der Waals surface area contributed by atoms with Crippen molar-refractivity contribution in [3.63, 3.8) is 0 Å². The van der Waals surface area contributed by atoms with Gasteiger partial charge in [0.15, 0.2) is 0 Å². The number of nitrogens with one attached hydrogen (secondary N) is 1. The third-order valence-electron chi connectivity index (χ3n) is 0.995. The molecule has 66 valence electrons. The first-order chi connectivity index (χ1) is 5.16. The quantitative estimate of drug-likeness (QED) is 0.501. The van der Waals surface area contributed by atoms with E-state index in [4.69, 9.17) is 16.3 Å². The minimum Gasteiger partial charge on any atom is -0.463 e. The van der Waals surface area contributed by atoms with Crippen LogP contribution in [0.25, 0.3) is 0 Å². The lowest BCUT2D eigenvalue weighted by atomic mass is 10.4. The first-order valence-electron chi connectivity index (χ1n) is 3.61. The van der Waals surface area contributed by atoms with Gasteiger partial charge in [-0.25, -0.2) is 0 Å². The topological polar surface area (TPSA) is 38.3 Å². The number of ether oxygens (including phenoxy) is 1. The molecule has 0 aromatic heterocycles. The van der Waals surface area contributed by atoms with Crippen LogP contribution in [0.3, 0.4) is 0 Å². The van der Waals surface area contributed by atoms with E-state index in [1.165, 1.54) is 0 Å². The molecular formula is C7H14ClNO2. The molecule has 0 saturated carbocycles. The zero-order valence-electron chi connectivity index (χ0n) is 6.89. The number of carbonyl (C=O) groups is 1. The summed E-state index contributed by atoms with van der Waals surface area (Å²) in [6.07, 6.45) is 0. The summed E-state index contributed by atoms with van der Waals surface area (Å²) >= 11 is 5.31. The molecule has 0 atom stereocenters. The normalized spacial score (nSPS) is 10.2. The van der Waals surface area contributed by atoms with Crippen LogP contribution in [0.2, 0.25) is 0 Å². The van der Waals surface area contributed by atoms with Gasteiger partial charge >= 0.3 is 5.97 Å². The van der Waals surface area contributed by atoms with Gasteiger partial charge in [-0.05, 0) is 0 Å². The van der Waals surface area contributed by atoms with Gasteiger partial charge < -0.3 is 10.1 Å². The molecule has 0 amide bonds. The van der Waals surface area contributed by atoms with Gasteiger partial charge in [-0.1, -0.05) is 13.8 Å². The van der Waals surface area contributed by atoms with Crippen molar-refractivity contribution in [1.29, 1.82) is 0 Å². The van der Waals surface area contributed by atoms with Crippen LogP contribution in [0.4, 0.5) is 0 Å². The highest BCUT2D eigenvalue weighted by Gasteiger charge is 2.01. The van der Waals surface area contributed by atoms with Gasteiger partial charge in [-0.15, -0.1) is 11.6 Å². The van der Waals surface area contributed by atoms with Gasteiger partial charge in [0.25, 0.3) is 0 Å². The largest absolute Gasteiger partial charge is 0.463 e. The first kappa shape index (κ1) is 10.7. The van der Waals surface area contributed by atoms with E-state index in [-0.39, 0.29) is 12.5 Å². The number of hydrogen-bond donors (Lipinski definition) is 1. The van der Waals surface area contributed by atoms with Gasteiger partial charge in [0, 0.05) is 6.04 Å². The van der Waals surface area contributed by atoms with Gasteiger partial charge in [-0.3, -0.25) is 4.79 Å². The summed E-state index contributed by atoms with van der Waals surface area (Å²) in [5.74, 6) is 0.104. The smallest absolute Gasteiger partial charge is 0.319 e. The monoisotopic (exact) mass is 179 g/mol. The first-order valence-corrected chi connectivity index (χ1v) is 4.15. The molecule has 0 aromatic rings. The van der Waals surface area contributed by atoms with Gasteiger partial charge in [-0.2, -0.15) is 0 Å². The molecule has 3 nitrogen and oxygen atoms in total. The number of carbonyl (C=O) groups excluding carboxylic acids is 1. The van der Waals surface area contributed by atoms with E-state index in [0.717, 1.165) is 0 Å². The van der Waals surface area contributed by atoms with E-state index in [0.29, 0.717) is 18.5 Å². The van der Waals surface area contributed by atoms with Crippen molar-refractivity contribution in [3.8, 4) is 0 Å². The van der Waals surface area contributed by atoms with Crippen molar-refractivity contribution in [2.45, 2.75) is 19.9 Å².